The van der Waals surface area contributed by atoms with Crippen LogP contribution in [0.3, 0.4) is 0 Å². The molecule has 36 heavy (non-hydrogen) atoms. The van der Waals surface area contributed by atoms with Crippen LogP contribution >= 0.6 is 0 Å². The van der Waals surface area contributed by atoms with E-state index < -0.39 is 10.1 Å². The van der Waals surface area contributed by atoms with E-state index in [9.17, 15) is 8.42 Å². The molecule has 4 nitrogen and oxygen atoms in total. The predicted molar refractivity (Wildman–Crippen MR) is 146 cm³/mol. The van der Waals surface area contributed by atoms with Crippen molar-refractivity contribution in [1.82, 2.24) is 4.40 Å². The van der Waals surface area contributed by atoms with Crippen LogP contribution in [0.2, 0.25) is 0 Å². The number of pyridine rings is 1. The maximum atomic E-state index is 13.6. The van der Waals surface area contributed by atoms with Crippen molar-refractivity contribution in [3.63, 3.8) is 0 Å². The molecule has 0 aliphatic carbocycles. The van der Waals surface area contributed by atoms with Gasteiger partial charge in [-0.05, 0) is 47.2 Å². The Balaban J connectivity index is 1.90. The monoisotopic (exact) mass is 495 g/mol. The van der Waals surface area contributed by atoms with Crippen molar-refractivity contribution in [2.45, 2.75) is 38.0 Å². The van der Waals surface area contributed by atoms with Gasteiger partial charge in [-0.25, -0.2) is 0 Å². The van der Waals surface area contributed by atoms with Crippen LogP contribution in [0.5, 0.6) is 5.75 Å². The minimum atomic E-state index is -4.10. The lowest BCUT2D eigenvalue weighted by Crippen LogP contribution is -2.14. The first-order valence-electron chi connectivity index (χ1n) is 12.0. The smallest absolute Gasteiger partial charge is 0.339 e. The lowest BCUT2D eigenvalue weighted by Gasteiger charge is -2.21. The van der Waals surface area contributed by atoms with Crippen LogP contribution in [0.25, 0.3) is 27.9 Å². The van der Waals surface area contributed by atoms with E-state index in [2.05, 4.69) is 25.2 Å². The summed E-state index contributed by atoms with van der Waals surface area (Å²) in [6, 6.07) is 30.7. The van der Waals surface area contributed by atoms with E-state index in [0.29, 0.717) is 5.75 Å². The fourth-order valence-electron chi connectivity index (χ4n) is 4.57. The van der Waals surface area contributed by atoms with Crippen LogP contribution in [0.1, 0.15) is 31.9 Å². The second kappa shape index (κ2) is 8.99. The Bertz CT molecular complexity index is 1630. The molecule has 2 heterocycles. The molecule has 0 saturated carbocycles. The van der Waals surface area contributed by atoms with Gasteiger partial charge in [-0.2, -0.15) is 8.42 Å². The summed E-state index contributed by atoms with van der Waals surface area (Å²) in [4.78, 5) is 0.126. The van der Waals surface area contributed by atoms with Gasteiger partial charge in [0.05, 0.1) is 16.8 Å². The van der Waals surface area contributed by atoms with Gasteiger partial charge < -0.3 is 8.58 Å². The predicted octanol–water partition coefficient (Wildman–Crippen LogP) is 7.65. The number of fused-ring (bicyclic) bond motifs is 1. The number of benzene rings is 3. The molecule has 5 heteroatoms. The van der Waals surface area contributed by atoms with Gasteiger partial charge in [-0.1, -0.05) is 105 Å². The zero-order valence-corrected chi connectivity index (χ0v) is 21.7. The number of nitrogens with zero attached hydrogens (tertiary/aromatic N) is 1. The Labute approximate surface area is 212 Å². The third kappa shape index (κ3) is 4.31. The maximum Gasteiger partial charge on any atom is 0.339 e. The summed E-state index contributed by atoms with van der Waals surface area (Å²) < 4.78 is 35.4. The van der Waals surface area contributed by atoms with Crippen molar-refractivity contribution in [1.29, 1.82) is 0 Å². The second-order valence-electron chi connectivity index (χ2n) is 10.0. The van der Waals surface area contributed by atoms with E-state index in [1.165, 1.54) is 0 Å². The average Bonchev–Trinajstić information content (AvgIpc) is 3.18. The van der Waals surface area contributed by atoms with Crippen molar-refractivity contribution in [2.24, 2.45) is 0 Å². The topological polar surface area (TPSA) is 47.8 Å². The number of aromatic nitrogens is 1. The van der Waals surface area contributed by atoms with Crippen LogP contribution in [-0.2, 0) is 15.5 Å². The van der Waals surface area contributed by atoms with Gasteiger partial charge in [-0.15, -0.1) is 0 Å². The van der Waals surface area contributed by atoms with E-state index in [0.717, 1.165) is 39.0 Å². The summed E-state index contributed by atoms with van der Waals surface area (Å²) in [5.74, 6) is 0.339. The summed E-state index contributed by atoms with van der Waals surface area (Å²) in [6.07, 6.45) is 1.98. The zero-order valence-electron chi connectivity index (χ0n) is 20.9. The molecule has 0 unspecified atom stereocenters. The van der Waals surface area contributed by atoms with Gasteiger partial charge in [-0.3, -0.25) is 0 Å². The van der Waals surface area contributed by atoms with Crippen LogP contribution in [0.4, 0.5) is 0 Å². The average molecular weight is 496 g/mol. The van der Waals surface area contributed by atoms with Crippen LogP contribution in [0.15, 0.2) is 108 Å². The Morgan fingerprint density at radius 1 is 0.722 bits per heavy atom. The zero-order chi connectivity index (χ0) is 25.5. The molecule has 5 aromatic rings. The highest BCUT2D eigenvalue weighted by Gasteiger charge is 2.31. The molecule has 0 bridgehead atoms. The highest BCUT2D eigenvalue weighted by Crippen LogP contribution is 2.48. The van der Waals surface area contributed by atoms with Crippen molar-refractivity contribution in [3.05, 3.63) is 114 Å². The Morgan fingerprint density at radius 2 is 1.31 bits per heavy atom. The molecule has 5 rings (SSSR count). The lowest BCUT2D eigenvalue weighted by molar-refractivity contribution is 0.488. The summed E-state index contributed by atoms with van der Waals surface area (Å²) in [7, 11) is -4.10. The Kier molecular flexibility index (Phi) is 5.97. The van der Waals surface area contributed by atoms with Crippen LogP contribution in [0, 0.1) is 6.92 Å². The minimum absolute atomic E-state index is 0.126. The van der Waals surface area contributed by atoms with Crippen molar-refractivity contribution >= 4 is 15.6 Å². The molecule has 0 N–H and O–H groups in total. The highest BCUT2D eigenvalue weighted by molar-refractivity contribution is 7.87. The first-order valence-corrected chi connectivity index (χ1v) is 13.4. The Morgan fingerprint density at radius 3 is 1.89 bits per heavy atom. The summed E-state index contributed by atoms with van der Waals surface area (Å²) in [5.41, 5.74) is 5.96. The van der Waals surface area contributed by atoms with E-state index in [4.69, 9.17) is 4.18 Å². The van der Waals surface area contributed by atoms with E-state index >= 15 is 0 Å². The van der Waals surface area contributed by atoms with Gasteiger partial charge in [0.25, 0.3) is 0 Å². The van der Waals surface area contributed by atoms with Gasteiger partial charge in [0.15, 0.2) is 5.75 Å². The molecule has 0 saturated heterocycles. The molecule has 0 fully saturated rings. The summed E-state index contributed by atoms with van der Waals surface area (Å²) in [6.45, 7) is 8.29. The molecule has 3 aromatic carbocycles. The van der Waals surface area contributed by atoms with Crippen molar-refractivity contribution in [3.8, 4) is 28.1 Å². The molecule has 0 radical (unpaired) electrons. The van der Waals surface area contributed by atoms with Crippen molar-refractivity contribution in [2.75, 3.05) is 0 Å². The second-order valence-corrected chi connectivity index (χ2v) is 11.6. The normalized spacial score (nSPS) is 12.1. The van der Waals surface area contributed by atoms with Gasteiger partial charge in [0.2, 0.25) is 0 Å². The largest absolute Gasteiger partial charge is 0.376 e. The molecular weight excluding hydrogens is 466 g/mol. The number of rotatable bonds is 5. The van der Waals surface area contributed by atoms with Gasteiger partial charge in [0.1, 0.15) is 4.90 Å². The number of aryl methyl sites for hydroxylation is 1. The molecule has 0 spiro atoms. The highest BCUT2D eigenvalue weighted by atomic mass is 32.2. The SMILES string of the molecule is Cc1ccc(S(=O)(=O)Oc2c(-c3ccccc3)c(-c3ccccc3)n3cccc(C(C)(C)C)c23)cc1. The molecule has 0 aliphatic rings. The molecule has 0 atom stereocenters. The van der Waals surface area contributed by atoms with Gasteiger partial charge in [0, 0.05) is 6.20 Å². The first-order chi connectivity index (χ1) is 17.2. The summed E-state index contributed by atoms with van der Waals surface area (Å²) >= 11 is 0. The van der Waals surface area contributed by atoms with Crippen molar-refractivity contribution < 1.29 is 12.6 Å². The van der Waals surface area contributed by atoms with E-state index in [-0.39, 0.29) is 10.3 Å². The Hall–Kier alpha value is -3.83. The first kappa shape index (κ1) is 23.9. The third-order valence-corrected chi connectivity index (χ3v) is 7.57. The maximum absolute atomic E-state index is 13.6. The standard InChI is InChI=1S/C31H29NO3S/c1-22-17-19-25(20-18-22)36(33,34)35-30-27(23-12-7-5-8-13-23)28(24-14-9-6-10-15-24)32-21-11-16-26(29(30)32)31(2,3)4/h5-21H,1-4H3. The fourth-order valence-corrected chi connectivity index (χ4v) is 5.52. The third-order valence-electron chi connectivity index (χ3n) is 6.33. The fraction of sp³-hybridized carbons (Fsp3) is 0.161. The van der Waals surface area contributed by atoms with Crippen LogP contribution in [-0.4, -0.2) is 12.8 Å². The van der Waals surface area contributed by atoms with E-state index in [1.807, 2.05) is 85.9 Å². The molecule has 0 aliphatic heterocycles. The molecular formula is C31H29NO3S. The lowest BCUT2D eigenvalue weighted by atomic mass is 9.86. The van der Waals surface area contributed by atoms with Gasteiger partial charge >= 0.3 is 10.1 Å². The van der Waals surface area contributed by atoms with E-state index in [1.54, 1.807) is 24.3 Å². The number of hydrogen-bond acceptors (Lipinski definition) is 3. The number of hydrogen-bond donors (Lipinski definition) is 0. The quantitative estimate of drug-likeness (QED) is 0.235. The minimum Gasteiger partial charge on any atom is -0.376 e. The molecule has 182 valence electrons. The van der Waals surface area contributed by atoms with Crippen LogP contribution < -0.4 is 4.18 Å². The molecule has 2 aromatic heterocycles. The molecule has 0 amide bonds. The summed E-state index contributed by atoms with van der Waals surface area (Å²) in [5, 5.41) is 0.